The minimum atomic E-state index is -0.680. The normalized spacial score (nSPS) is 25.3. The Balaban J connectivity index is 1.39. The van der Waals surface area contributed by atoms with Gasteiger partial charge in [0.25, 0.3) is 5.91 Å². The van der Waals surface area contributed by atoms with Crippen LogP contribution in [0.5, 0.6) is 5.75 Å². The molecule has 6 rings (SSSR count). The van der Waals surface area contributed by atoms with Gasteiger partial charge in [-0.15, -0.1) is 0 Å². The second-order valence-electron chi connectivity index (χ2n) is 8.99. The van der Waals surface area contributed by atoms with Gasteiger partial charge < -0.3 is 25.2 Å². The highest BCUT2D eigenvalue weighted by molar-refractivity contribution is 6.09. The maximum Gasteiger partial charge on any atom is 0.261 e. The molecule has 160 valence electrons. The number of carbonyl (C=O) groups excluding carboxylic acids is 1. The smallest absolute Gasteiger partial charge is 0.261 e. The number of rotatable bonds is 4. The molecule has 4 heterocycles. The maximum absolute atomic E-state index is 13.2. The van der Waals surface area contributed by atoms with E-state index in [2.05, 4.69) is 20.3 Å². The third kappa shape index (κ3) is 2.66. The molecule has 3 aliphatic rings. The third-order valence-electron chi connectivity index (χ3n) is 6.77. The highest BCUT2D eigenvalue weighted by atomic mass is 16.5. The van der Waals surface area contributed by atoms with Gasteiger partial charge in [-0.3, -0.25) is 4.79 Å². The van der Waals surface area contributed by atoms with Crippen LogP contribution < -0.4 is 15.0 Å². The minimum absolute atomic E-state index is 0.0981. The molecule has 3 N–H and O–H groups in total. The molecule has 1 unspecified atom stereocenters. The molecule has 1 amide bonds. The highest BCUT2D eigenvalue weighted by Crippen LogP contribution is 2.56. The summed E-state index contributed by atoms with van der Waals surface area (Å²) in [6, 6.07) is 5.60. The van der Waals surface area contributed by atoms with E-state index in [1.54, 1.807) is 23.0 Å². The molecule has 3 aromatic rings. The molecule has 0 radical (unpaired) electrons. The molecule has 1 spiro atoms. The van der Waals surface area contributed by atoms with Crippen molar-refractivity contribution in [1.82, 2.24) is 14.6 Å². The van der Waals surface area contributed by atoms with E-state index in [-0.39, 0.29) is 24.2 Å². The van der Waals surface area contributed by atoms with E-state index in [0.29, 0.717) is 35.6 Å². The number of benzene rings is 1. The third-order valence-corrected chi connectivity index (χ3v) is 6.77. The van der Waals surface area contributed by atoms with Crippen LogP contribution >= 0.6 is 0 Å². The van der Waals surface area contributed by atoms with Crippen LogP contribution in [0.3, 0.4) is 0 Å². The van der Waals surface area contributed by atoms with Gasteiger partial charge in [-0.1, -0.05) is 0 Å². The lowest BCUT2D eigenvalue weighted by molar-refractivity contribution is 0.0445. The van der Waals surface area contributed by atoms with Crippen molar-refractivity contribution in [2.45, 2.75) is 43.4 Å². The lowest BCUT2D eigenvalue weighted by atomic mass is 9.93. The van der Waals surface area contributed by atoms with Crippen molar-refractivity contribution in [3.8, 4) is 5.75 Å². The number of aromatic nitrogens is 3. The van der Waals surface area contributed by atoms with Gasteiger partial charge in [0, 0.05) is 37.0 Å². The molecule has 1 aromatic carbocycles. The van der Waals surface area contributed by atoms with Crippen molar-refractivity contribution >= 4 is 22.9 Å². The number of hydrogen-bond acceptors (Lipinski definition) is 7. The number of ether oxygens (including phenoxy) is 1. The first-order valence-electron chi connectivity index (χ1n) is 10.4. The fraction of sp³-hybridized carbons (Fsp3) is 0.409. The average Bonchev–Trinajstić information content (AvgIpc) is 3.40. The van der Waals surface area contributed by atoms with Crippen molar-refractivity contribution < 1.29 is 19.7 Å². The van der Waals surface area contributed by atoms with Gasteiger partial charge >= 0.3 is 0 Å². The zero-order valence-corrected chi connectivity index (χ0v) is 17.1. The number of β-amino-alcohol motifs (C(OH)–C–C–N with tert-alkyl or cyclic N) is 1. The Morgan fingerprint density at radius 3 is 2.97 bits per heavy atom. The Kier molecular flexibility index (Phi) is 3.70. The number of fused-ring (bicyclic) bond motifs is 2. The summed E-state index contributed by atoms with van der Waals surface area (Å²) in [5.41, 5.74) is 2.35. The van der Waals surface area contributed by atoms with E-state index in [4.69, 9.17) is 4.74 Å². The summed E-state index contributed by atoms with van der Waals surface area (Å²) in [5, 5.41) is 27.3. The summed E-state index contributed by atoms with van der Waals surface area (Å²) in [7, 11) is 0. The van der Waals surface area contributed by atoms with Crippen LogP contribution in [-0.2, 0) is 6.42 Å². The Hall–Kier alpha value is -3.17. The van der Waals surface area contributed by atoms with E-state index < -0.39 is 5.60 Å². The van der Waals surface area contributed by atoms with Crippen molar-refractivity contribution in [1.29, 1.82) is 0 Å². The van der Waals surface area contributed by atoms with Crippen molar-refractivity contribution in [3.63, 3.8) is 0 Å². The quantitative estimate of drug-likeness (QED) is 0.583. The van der Waals surface area contributed by atoms with Crippen molar-refractivity contribution in [2.24, 2.45) is 0 Å². The first kappa shape index (κ1) is 18.6. The summed E-state index contributed by atoms with van der Waals surface area (Å²) in [4.78, 5) is 19.6. The Labute approximate surface area is 178 Å². The molecule has 2 aliphatic heterocycles. The summed E-state index contributed by atoms with van der Waals surface area (Å²) in [5.74, 6) is 0.407. The standard InChI is InChI=1S/C22H23N5O4/c1-21(12-28)9-13-7-15(25-20(30)14-10-24-27-6-2-5-23-19(14)27)16(8-17(13)31-21)26-11-18(29)22(26)3-4-22/h2,5-8,10,18,28-29H,3-4,9,11-12H2,1H3,(H,25,30)/t18?,21-/m0/s1. The lowest BCUT2D eigenvalue weighted by Gasteiger charge is -2.49. The zero-order valence-electron chi connectivity index (χ0n) is 17.1. The summed E-state index contributed by atoms with van der Waals surface area (Å²) < 4.78 is 7.59. The number of nitrogens with one attached hydrogen (secondary N) is 1. The number of carbonyl (C=O) groups is 1. The van der Waals surface area contributed by atoms with E-state index in [0.717, 1.165) is 24.1 Å². The van der Waals surface area contributed by atoms with E-state index in [1.807, 2.05) is 19.1 Å². The van der Waals surface area contributed by atoms with Crippen LogP contribution in [0.25, 0.3) is 5.65 Å². The molecule has 2 fully saturated rings. The van der Waals surface area contributed by atoms with Crippen LogP contribution in [0.1, 0.15) is 35.7 Å². The van der Waals surface area contributed by atoms with Gasteiger partial charge in [0.2, 0.25) is 0 Å². The second kappa shape index (κ2) is 6.18. The molecule has 9 nitrogen and oxygen atoms in total. The fourth-order valence-electron chi connectivity index (χ4n) is 4.80. The molecular weight excluding hydrogens is 398 g/mol. The summed E-state index contributed by atoms with van der Waals surface area (Å²) >= 11 is 0. The van der Waals surface area contributed by atoms with Crippen LogP contribution in [0, 0.1) is 0 Å². The lowest BCUT2D eigenvalue weighted by Crippen LogP contribution is -2.63. The first-order valence-corrected chi connectivity index (χ1v) is 10.4. The molecule has 31 heavy (non-hydrogen) atoms. The van der Waals surface area contributed by atoms with Gasteiger partial charge in [0.1, 0.15) is 16.9 Å². The number of amides is 1. The fourth-order valence-corrected chi connectivity index (χ4v) is 4.80. The molecule has 2 aromatic heterocycles. The van der Waals surface area contributed by atoms with Gasteiger partial charge in [0.15, 0.2) is 5.65 Å². The van der Waals surface area contributed by atoms with Gasteiger partial charge in [-0.2, -0.15) is 5.10 Å². The molecule has 2 atom stereocenters. The van der Waals surface area contributed by atoms with Gasteiger partial charge in [0.05, 0.1) is 35.8 Å². The van der Waals surface area contributed by atoms with E-state index >= 15 is 0 Å². The summed E-state index contributed by atoms with van der Waals surface area (Å²) in [6.45, 7) is 2.28. The SMILES string of the molecule is C[C@@]1(CO)Cc2cc(NC(=O)c3cnn4cccnc34)c(N3CC(O)C34CC4)cc2O1. The highest BCUT2D eigenvalue weighted by Gasteiger charge is 2.62. The molecule has 0 bridgehead atoms. The van der Waals surface area contributed by atoms with Crippen LogP contribution in [0.4, 0.5) is 11.4 Å². The predicted molar refractivity (Wildman–Crippen MR) is 113 cm³/mol. The first-order chi connectivity index (χ1) is 14.9. The number of aliphatic hydroxyl groups excluding tert-OH is 2. The Morgan fingerprint density at radius 2 is 2.23 bits per heavy atom. The average molecular weight is 421 g/mol. The van der Waals surface area contributed by atoms with E-state index in [1.165, 1.54) is 6.20 Å². The Bertz CT molecular complexity index is 1220. The molecule has 1 saturated carbocycles. The van der Waals surface area contributed by atoms with Gasteiger partial charge in [-0.05, 0) is 31.9 Å². The van der Waals surface area contributed by atoms with Gasteiger partial charge in [-0.25, -0.2) is 9.50 Å². The number of nitrogens with zero attached hydrogens (tertiary/aromatic N) is 4. The van der Waals surface area contributed by atoms with E-state index in [9.17, 15) is 15.0 Å². The number of hydrogen-bond donors (Lipinski definition) is 3. The van der Waals surface area contributed by atoms with Crippen LogP contribution in [0.2, 0.25) is 0 Å². The minimum Gasteiger partial charge on any atom is -0.484 e. The second-order valence-corrected chi connectivity index (χ2v) is 8.99. The summed E-state index contributed by atoms with van der Waals surface area (Å²) in [6.07, 6.45) is 6.90. The number of anilines is 2. The van der Waals surface area contributed by atoms with Crippen molar-refractivity contribution in [3.05, 3.63) is 47.9 Å². The largest absolute Gasteiger partial charge is 0.484 e. The molecule has 9 heteroatoms. The van der Waals surface area contributed by atoms with Crippen molar-refractivity contribution in [2.75, 3.05) is 23.4 Å². The molecular formula is C22H23N5O4. The topological polar surface area (TPSA) is 112 Å². The zero-order chi connectivity index (χ0) is 21.4. The maximum atomic E-state index is 13.2. The number of aliphatic hydroxyl groups is 2. The monoisotopic (exact) mass is 421 g/mol. The molecule has 1 saturated heterocycles. The predicted octanol–water partition coefficient (Wildman–Crippen LogP) is 1.38. The Morgan fingerprint density at radius 1 is 1.39 bits per heavy atom. The van der Waals surface area contributed by atoms with Crippen LogP contribution in [0.15, 0.2) is 36.8 Å². The molecule has 1 aliphatic carbocycles. The van der Waals surface area contributed by atoms with Crippen LogP contribution in [-0.4, -0.2) is 61.1 Å².